The SMILES string of the molecule is Sc1ccc(Cc2ccccc2)cc1.[H-].[Li+]. The molecule has 15 heavy (non-hydrogen) atoms. The summed E-state index contributed by atoms with van der Waals surface area (Å²) < 4.78 is 0. The average Bonchev–Trinajstić information content (AvgIpc) is 2.23. The number of benzene rings is 2. The van der Waals surface area contributed by atoms with Gasteiger partial charge in [-0.15, -0.1) is 12.6 Å². The maximum absolute atomic E-state index is 4.26. The van der Waals surface area contributed by atoms with Crippen molar-refractivity contribution in [2.75, 3.05) is 0 Å². The number of hydrogen-bond donors (Lipinski definition) is 1. The van der Waals surface area contributed by atoms with Gasteiger partial charge in [0.15, 0.2) is 0 Å². The zero-order valence-corrected chi connectivity index (χ0v) is 9.74. The first kappa shape index (κ1) is 12.5. The van der Waals surface area contributed by atoms with Crippen LogP contribution in [0.4, 0.5) is 0 Å². The third-order valence-electron chi connectivity index (χ3n) is 2.19. The minimum Gasteiger partial charge on any atom is -1.00 e. The van der Waals surface area contributed by atoms with Crippen molar-refractivity contribution in [2.24, 2.45) is 0 Å². The van der Waals surface area contributed by atoms with Crippen molar-refractivity contribution >= 4 is 12.6 Å². The van der Waals surface area contributed by atoms with Crippen LogP contribution in [-0.4, -0.2) is 0 Å². The largest absolute Gasteiger partial charge is 1.00 e. The Morgan fingerprint density at radius 1 is 0.800 bits per heavy atom. The van der Waals surface area contributed by atoms with Crippen LogP contribution in [0.3, 0.4) is 0 Å². The molecule has 0 nitrogen and oxygen atoms in total. The van der Waals surface area contributed by atoms with E-state index < -0.39 is 0 Å². The van der Waals surface area contributed by atoms with Crippen molar-refractivity contribution in [2.45, 2.75) is 11.3 Å². The molecule has 0 aromatic heterocycles. The summed E-state index contributed by atoms with van der Waals surface area (Å²) in [6.07, 6.45) is 0.995. The van der Waals surface area contributed by atoms with Gasteiger partial charge in [0.1, 0.15) is 0 Å². The summed E-state index contributed by atoms with van der Waals surface area (Å²) in [7, 11) is 0. The van der Waals surface area contributed by atoms with E-state index in [9.17, 15) is 0 Å². The second-order valence-corrected chi connectivity index (χ2v) is 3.85. The van der Waals surface area contributed by atoms with Crippen LogP contribution in [0.25, 0.3) is 0 Å². The van der Waals surface area contributed by atoms with E-state index in [0.717, 1.165) is 11.3 Å². The third kappa shape index (κ3) is 3.80. The van der Waals surface area contributed by atoms with Crippen molar-refractivity contribution < 1.29 is 20.3 Å². The van der Waals surface area contributed by atoms with Gasteiger partial charge in [-0.3, -0.25) is 0 Å². The first-order chi connectivity index (χ1) is 6.84. The Bertz CT molecular complexity index is 400. The molecule has 72 valence electrons. The standard InChI is InChI=1S/C13H12S.Li.H/c14-13-8-6-12(7-9-13)10-11-4-2-1-3-5-11;;/h1-9,14H,10H2;;/q;+1;-1. The van der Waals surface area contributed by atoms with Crippen LogP contribution >= 0.6 is 12.6 Å². The Morgan fingerprint density at radius 3 is 1.93 bits per heavy atom. The molecule has 0 radical (unpaired) electrons. The van der Waals surface area contributed by atoms with Crippen LogP contribution in [0.2, 0.25) is 0 Å². The van der Waals surface area contributed by atoms with Gasteiger partial charge in [-0.1, -0.05) is 42.5 Å². The molecule has 0 spiro atoms. The van der Waals surface area contributed by atoms with Crippen molar-refractivity contribution in [3.63, 3.8) is 0 Å². The normalized spacial score (nSPS) is 9.40. The molecule has 2 aromatic carbocycles. The van der Waals surface area contributed by atoms with Gasteiger partial charge in [-0.2, -0.15) is 0 Å². The second-order valence-electron chi connectivity index (χ2n) is 3.33. The van der Waals surface area contributed by atoms with Crippen molar-refractivity contribution in [1.82, 2.24) is 0 Å². The molecule has 2 aromatic rings. The summed E-state index contributed by atoms with van der Waals surface area (Å²) >= 11 is 4.26. The molecule has 0 bridgehead atoms. The zero-order valence-electron chi connectivity index (χ0n) is 9.85. The van der Waals surface area contributed by atoms with Gasteiger partial charge in [-0.25, -0.2) is 0 Å². The smallest absolute Gasteiger partial charge is 1.00 e. The van der Waals surface area contributed by atoms with Crippen molar-refractivity contribution in [3.8, 4) is 0 Å². The summed E-state index contributed by atoms with van der Waals surface area (Å²) in [5.41, 5.74) is 2.67. The third-order valence-corrected chi connectivity index (χ3v) is 2.49. The molecule has 0 unspecified atom stereocenters. The number of hydrogen-bond acceptors (Lipinski definition) is 1. The molecule has 0 atom stereocenters. The molecule has 0 amide bonds. The first-order valence-corrected chi connectivity index (χ1v) is 5.11. The maximum atomic E-state index is 4.26. The van der Waals surface area contributed by atoms with E-state index in [-0.39, 0.29) is 20.3 Å². The summed E-state index contributed by atoms with van der Waals surface area (Å²) in [4.78, 5) is 1.02. The van der Waals surface area contributed by atoms with Gasteiger partial charge in [-0.05, 0) is 29.7 Å². The van der Waals surface area contributed by atoms with E-state index in [4.69, 9.17) is 0 Å². The number of rotatable bonds is 2. The molecule has 0 N–H and O–H groups in total. The second kappa shape index (κ2) is 6.08. The first-order valence-electron chi connectivity index (χ1n) is 4.66. The van der Waals surface area contributed by atoms with Crippen molar-refractivity contribution in [1.29, 1.82) is 0 Å². The van der Waals surface area contributed by atoms with E-state index in [1.165, 1.54) is 11.1 Å². The van der Waals surface area contributed by atoms with Crippen LogP contribution in [-0.2, 0) is 6.42 Å². The molecule has 2 heteroatoms. The molecule has 0 heterocycles. The van der Waals surface area contributed by atoms with Crippen LogP contribution in [0.15, 0.2) is 59.5 Å². The van der Waals surface area contributed by atoms with Gasteiger partial charge in [0.2, 0.25) is 0 Å². The fourth-order valence-electron chi connectivity index (χ4n) is 1.45. The molecule has 0 saturated heterocycles. The van der Waals surface area contributed by atoms with Crippen LogP contribution in [0.5, 0.6) is 0 Å². The summed E-state index contributed by atoms with van der Waals surface area (Å²) in [6, 6.07) is 18.8. The molecule has 0 aliphatic heterocycles. The minimum atomic E-state index is 0. The molecule has 0 fully saturated rings. The molecular formula is C13H13LiS. The predicted molar refractivity (Wildman–Crippen MR) is 64.1 cm³/mol. The molecule has 0 saturated carbocycles. The number of thiol groups is 1. The van der Waals surface area contributed by atoms with E-state index in [1.807, 2.05) is 18.2 Å². The van der Waals surface area contributed by atoms with Gasteiger partial charge in [0.25, 0.3) is 0 Å². The molecule has 0 aliphatic rings. The summed E-state index contributed by atoms with van der Waals surface area (Å²) in [5.74, 6) is 0. The molecule has 0 aliphatic carbocycles. The van der Waals surface area contributed by atoms with Crippen LogP contribution in [0.1, 0.15) is 12.6 Å². The minimum absolute atomic E-state index is 0. The quantitative estimate of drug-likeness (QED) is 0.544. The van der Waals surface area contributed by atoms with Gasteiger partial charge in [0.05, 0.1) is 0 Å². The van der Waals surface area contributed by atoms with E-state index in [1.54, 1.807) is 0 Å². The Morgan fingerprint density at radius 2 is 1.33 bits per heavy atom. The maximum Gasteiger partial charge on any atom is 1.00 e. The topological polar surface area (TPSA) is 0 Å². The predicted octanol–water partition coefficient (Wildman–Crippen LogP) is 0.683. The summed E-state index contributed by atoms with van der Waals surface area (Å²) in [5, 5.41) is 0. The van der Waals surface area contributed by atoms with Crippen molar-refractivity contribution in [3.05, 3.63) is 65.7 Å². The summed E-state index contributed by atoms with van der Waals surface area (Å²) in [6.45, 7) is 0. The van der Waals surface area contributed by atoms with Gasteiger partial charge >= 0.3 is 18.9 Å². The fourth-order valence-corrected chi connectivity index (χ4v) is 1.59. The van der Waals surface area contributed by atoms with E-state index in [2.05, 4.69) is 49.0 Å². The Balaban J connectivity index is 0.00000112. The molecular weight excluding hydrogens is 195 g/mol. The Labute approximate surface area is 110 Å². The molecule has 2 rings (SSSR count). The Kier molecular flexibility index (Phi) is 5.05. The monoisotopic (exact) mass is 208 g/mol. The van der Waals surface area contributed by atoms with Gasteiger partial charge in [0, 0.05) is 4.90 Å². The van der Waals surface area contributed by atoms with Crippen LogP contribution in [0, 0.1) is 0 Å². The van der Waals surface area contributed by atoms with Gasteiger partial charge < -0.3 is 1.43 Å². The van der Waals surface area contributed by atoms with E-state index in [0.29, 0.717) is 0 Å². The zero-order chi connectivity index (χ0) is 9.80. The average molecular weight is 208 g/mol. The Hall–Kier alpha value is -0.613. The fraction of sp³-hybridized carbons (Fsp3) is 0.0769. The van der Waals surface area contributed by atoms with E-state index >= 15 is 0 Å². The van der Waals surface area contributed by atoms with Crippen LogP contribution < -0.4 is 18.9 Å².